The first kappa shape index (κ1) is 25.8. The quantitative estimate of drug-likeness (QED) is 0.361. The monoisotopic (exact) mass is 517 g/mol. The lowest BCUT2D eigenvalue weighted by atomic mass is 9.65. The van der Waals surface area contributed by atoms with Gasteiger partial charge in [0, 0.05) is 31.2 Å². The normalized spacial score (nSPS) is 21.0. The summed E-state index contributed by atoms with van der Waals surface area (Å²) in [5, 5.41) is 19.8. The van der Waals surface area contributed by atoms with Gasteiger partial charge in [0.1, 0.15) is 6.04 Å². The average molecular weight is 518 g/mol. The molecule has 9 heteroatoms. The molecular formula is C29H35N5O4. The fourth-order valence-electron chi connectivity index (χ4n) is 6.43. The van der Waals surface area contributed by atoms with Crippen molar-refractivity contribution < 1.29 is 19.5 Å². The molecule has 1 atom stereocenters. The minimum atomic E-state index is -1.03. The van der Waals surface area contributed by atoms with Crippen LogP contribution in [0.1, 0.15) is 66.1 Å². The van der Waals surface area contributed by atoms with Crippen LogP contribution in [0, 0.1) is 16.7 Å². The fourth-order valence-corrected chi connectivity index (χ4v) is 6.43. The van der Waals surface area contributed by atoms with Gasteiger partial charge in [-0.3, -0.25) is 15.0 Å². The molecule has 200 valence electrons. The number of anilines is 1. The molecule has 0 bridgehead atoms. The lowest BCUT2D eigenvalue weighted by molar-refractivity contribution is -0.144. The van der Waals surface area contributed by atoms with Crippen LogP contribution in [-0.4, -0.2) is 58.3 Å². The van der Waals surface area contributed by atoms with Gasteiger partial charge in [-0.1, -0.05) is 24.3 Å². The average Bonchev–Trinajstić information content (AvgIpc) is 2.93. The van der Waals surface area contributed by atoms with Crippen LogP contribution in [0.4, 0.5) is 5.69 Å². The molecular weight excluding hydrogens is 482 g/mol. The van der Waals surface area contributed by atoms with E-state index in [0.717, 1.165) is 62.7 Å². The Bertz CT molecular complexity index is 1230. The maximum absolute atomic E-state index is 13.9. The minimum absolute atomic E-state index is 0.0388. The number of fused-ring (bicyclic) bond motifs is 1. The number of hydrogen-bond donors (Lipinski definition) is 4. The van der Waals surface area contributed by atoms with E-state index in [0.29, 0.717) is 18.7 Å². The Balaban J connectivity index is 1.30. The van der Waals surface area contributed by atoms with Gasteiger partial charge >= 0.3 is 5.97 Å². The minimum Gasteiger partial charge on any atom is -0.478 e. The number of piperidine rings is 1. The largest absolute Gasteiger partial charge is 0.478 e. The van der Waals surface area contributed by atoms with E-state index in [9.17, 15) is 14.4 Å². The summed E-state index contributed by atoms with van der Waals surface area (Å²) >= 11 is 0. The van der Waals surface area contributed by atoms with E-state index >= 15 is 0 Å². The van der Waals surface area contributed by atoms with E-state index in [1.807, 2.05) is 29.2 Å². The third kappa shape index (κ3) is 5.10. The van der Waals surface area contributed by atoms with Crippen molar-refractivity contribution in [1.82, 2.24) is 9.80 Å². The number of nitrogens with two attached hydrogens (primary N) is 1. The molecule has 2 heterocycles. The first-order valence-electron chi connectivity index (χ1n) is 13.4. The predicted molar refractivity (Wildman–Crippen MR) is 144 cm³/mol. The molecule has 0 unspecified atom stereocenters. The third-order valence-electron chi connectivity index (χ3n) is 8.77. The highest BCUT2D eigenvalue weighted by Gasteiger charge is 2.43. The van der Waals surface area contributed by atoms with Gasteiger partial charge in [0.25, 0.3) is 5.91 Å². The van der Waals surface area contributed by atoms with Crippen molar-refractivity contribution in [3.05, 3.63) is 65.2 Å². The van der Waals surface area contributed by atoms with E-state index in [1.165, 1.54) is 12.1 Å². The molecule has 0 aromatic heterocycles. The van der Waals surface area contributed by atoms with Crippen molar-refractivity contribution in [3.8, 4) is 0 Å². The maximum atomic E-state index is 13.9. The van der Waals surface area contributed by atoms with Crippen LogP contribution in [-0.2, 0) is 16.0 Å². The Morgan fingerprint density at radius 2 is 1.61 bits per heavy atom. The van der Waals surface area contributed by atoms with E-state index < -0.39 is 12.0 Å². The first-order valence-corrected chi connectivity index (χ1v) is 13.4. The number of nitrogens with one attached hydrogen (secondary N) is 2. The van der Waals surface area contributed by atoms with Crippen LogP contribution in [0.25, 0.3) is 0 Å². The van der Waals surface area contributed by atoms with Gasteiger partial charge in [-0.25, -0.2) is 4.79 Å². The Morgan fingerprint density at radius 1 is 0.947 bits per heavy atom. The Labute approximate surface area is 222 Å². The molecule has 5 N–H and O–H groups in total. The van der Waals surface area contributed by atoms with Crippen LogP contribution in [0.15, 0.2) is 48.5 Å². The summed E-state index contributed by atoms with van der Waals surface area (Å²) in [5.74, 6) is -1.26. The molecule has 1 saturated carbocycles. The third-order valence-corrected chi connectivity index (χ3v) is 8.77. The van der Waals surface area contributed by atoms with Crippen molar-refractivity contribution in [2.24, 2.45) is 17.1 Å². The van der Waals surface area contributed by atoms with Gasteiger partial charge in [-0.2, -0.15) is 0 Å². The van der Waals surface area contributed by atoms with Crippen LogP contribution < -0.4 is 11.1 Å². The molecule has 1 spiro atoms. The van der Waals surface area contributed by atoms with Gasteiger partial charge in [-0.05, 0) is 85.8 Å². The van der Waals surface area contributed by atoms with Crippen LogP contribution in [0.5, 0.6) is 0 Å². The number of carboxylic acids is 1. The van der Waals surface area contributed by atoms with E-state index in [4.69, 9.17) is 16.2 Å². The topological polar surface area (TPSA) is 140 Å². The maximum Gasteiger partial charge on any atom is 0.335 e. The van der Waals surface area contributed by atoms with Crippen molar-refractivity contribution in [3.63, 3.8) is 0 Å². The lowest BCUT2D eigenvalue weighted by Crippen LogP contribution is -2.50. The molecule has 1 saturated heterocycles. The van der Waals surface area contributed by atoms with Gasteiger partial charge in [0.15, 0.2) is 5.96 Å². The van der Waals surface area contributed by atoms with E-state index in [-0.39, 0.29) is 34.7 Å². The van der Waals surface area contributed by atoms with E-state index in [2.05, 4.69) is 5.32 Å². The summed E-state index contributed by atoms with van der Waals surface area (Å²) in [6.07, 6.45) is 6.27. The van der Waals surface area contributed by atoms with Gasteiger partial charge in [0.05, 0.1) is 5.56 Å². The summed E-state index contributed by atoms with van der Waals surface area (Å²) in [6, 6.07) is 13.1. The summed E-state index contributed by atoms with van der Waals surface area (Å²) in [4.78, 5) is 42.4. The molecule has 2 amide bonds. The number of nitrogens with zero attached hydrogens (tertiary/aromatic N) is 2. The Kier molecular flexibility index (Phi) is 7.10. The number of aromatic carboxylic acids is 1. The standard InChI is InChI=1S/C29H35N5O4/c30-28(31)33-17-14-29(15-18-33)12-9-20(10-13-29)26(36)34-16-11-19-3-1-2-4-23(19)24(34)25(35)32-22-7-5-21(6-8-22)27(37)38/h1-8,20,24H,9-18H2,(H3,30,31)(H,32,35)(H,37,38)/t24-/m0/s1. The summed E-state index contributed by atoms with van der Waals surface area (Å²) in [7, 11) is 0. The molecule has 2 aromatic rings. The van der Waals surface area contributed by atoms with E-state index in [1.54, 1.807) is 17.0 Å². The number of rotatable bonds is 4. The first-order chi connectivity index (χ1) is 18.3. The zero-order chi connectivity index (χ0) is 26.9. The number of amides is 2. The van der Waals surface area contributed by atoms with Crippen LogP contribution in [0.2, 0.25) is 0 Å². The summed E-state index contributed by atoms with van der Waals surface area (Å²) < 4.78 is 0. The SMILES string of the molecule is N=C(N)N1CCC2(CCC(C(=O)N3CCc4ccccc4[C@H]3C(=O)Nc3ccc(C(=O)O)cc3)CC2)CC1. The second kappa shape index (κ2) is 10.5. The molecule has 1 aliphatic carbocycles. The number of carbonyl (C=O) groups excluding carboxylic acids is 2. The molecule has 0 radical (unpaired) electrons. The second-order valence-corrected chi connectivity index (χ2v) is 10.9. The van der Waals surface area contributed by atoms with Crippen LogP contribution >= 0.6 is 0 Å². The summed E-state index contributed by atoms with van der Waals surface area (Å²) in [5.41, 5.74) is 8.44. The summed E-state index contributed by atoms with van der Waals surface area (Å²) in [6.45, 7) is 2.08. The second-order valence-electron chi connectivity index (χ2n) is 10.9. The molecule has 2 aromatic carbocycles. The van der Waals surface area contributed by atoms with Crippen molar-refractivity contribution in [2.45, 2.75) is 51.0 Å². The molecule has 38 heavy (non-hydrogen) atoms. The van der Waals surface area contributed by atoms with Crippen molar-refractivity contribution in [1.29, 1.82) is 5.41 Å². The van der Waals surface area contributed by atoms with Crippen molar-refractivity contribution in [2.75, 3.05) is 25.0 Å². The zero-order valence-electron chi connectivity index (χ0n) is 21.5. The highest BCUT2D eigenvalue weighted by molar-refractivity contribution is 5.99. The fraction of sp³-hybridized carbons (Fsp3) is 0.448. The van der Waals surface area contributed by atoms with Crippen molar-refractivity contribution >= 4 is 29.4 Å². The molecule has 5 rings (SSSR count). The number of benzene rings is 2. The van der Waals surface area contributed by atoms with Crippen LogP contribution in [0.3, 0.4) is 0 Å². The zero-order valence-corrected chi connectivity index (χ0v) is 21.5. The number of likely N-dealkylation sites (tertiary alicyclic amines) is 1. The Morgan fingerprint density at radius 3 is 2.24 bits per heavy atom. The van der Waals surface area contributed by atoms with Gasteiger partial charge < -0.3 is 26.0 Å². The molecule has 2 fully saturated rings. The smallest absolute Gasteiger partial charge is 0.335 e. The predicted octanol–water partition coefficient (Wildman–Crippen LogP) is 3.62. The van der Waals surface area contributed by atoms with Gasteiger partial charge in [0.2, 0.25) is 5.91 Å². The van der Waals surface area contributed by atoms with Gasteiger partial charge in [-0.15, -0.1) is 0 Å². The number of hydrogen-bond acceptors (Lipinski definition) is 4. The number of carboxylic acid groups (broad SMARTS) is 1. The Hall–Kier alpha value is -3.88. The molecule has 3 aliphatic rings. The highest BCUT2D eigenvalue weighted by atomic mass is 16.4. The highest BCUT2D eigenvalue weighted by Crippen LogP contribution is 2.47. The molecule has 2 aliphatic heterocycles. The number of guanidine groups is 1. The molecule has 9 nitrogen and oxygen atoms in total. The lowest BCUT2D eigenvalue weighted by Gasteiger charge is -2.47. The number of carbonyl (C=O) groups is 3.